The molecule has 0 saturated carbocycles. The normalized spacial score (nSPS) is 18.7. The molecular weight excluding hydrogens is 500 g/mol. The van der Waals surface area contributed by atoms with E-state index in [9.17, 15) is 9.59 Å². The second-order valence-corrected chi connectivity index (χ2v) is 11.3. The molecule has 2 atom stereocenters. The molecule has 0 radical (unpaired) electrons. The van der Waals surface area contributed by atoms with Crippen LogP contribution in [0.5, 0.6) is 0 Å². The van der Waals surface area contributed by atoms with E-state index in [0.717, 1.165) is 16.7 Å². The van der Waals surface area contributed by atoms with Crippen LogP contribution in [-0.4, -0.2) is 47.8 Å². The zero-order valence-corrected chi connectivity index (χ0v) is 22.7. The number of nitrogens with zero attached hydrogens (tertiary/aromatic N) is 1. The van der Waals surface area contributed by atoms with Gasteiger partial charge in [-0.1, -0.05) is 72.3 Å². The molecule has 0 spiro atoms. The second-order valence-electron chi connectivity index (χ2n) is 10.9. The maximum atomic E-state index is 13.4. The predicted molar refractivity (Wildman–Crippen MR) is 148 cm³/mol. The zero-order chi connectivity index (χ0) is 26.9. The van der Waals surface area contributed by atoms with Crippen LogP contribution in [0, 0.1) is 0 Å². The fraction of sp³-hybridized carbons (Fsp3) is 0.355. The molecule has 1 aliphatic carbocycles. The zero-order valence-electron chi connectivity index (χ0n) is 21.9. The number of carbonyl (C=O) groups is 2. The number of carbonyl (C=O) groups excluding carboxylic acids is 2. The Kier molecular flexibility index (Phi) is 7.46. The monoisotopic (exact) mass is 532 g/mol. The van der Waals surface area contributed by atoms with E-state index in [0.29, 0.717) is 24.5 Å². The fourth-order valence-electron chi connectivity index (χ4n) is 5.42. The molecule has 38 heavy (non-hydrogen) atoms. The molecule has 3 aromatic rings. The van der Waals surface area contributed by atoms with Crippen molar-refractivity contribution < 1.29 is 19.1 Å². The van der Waals surface area contributed by atoms with Crippen molar-refractivity contribution in [2.45, 2.75) is 57.4 Å². The number of amides is 2. The third kappa shape index (κ3) is 5.71. The SMILES string of the molecule is CC(C)(C)O[C@@H]1C[C@@H](C(=O)NCc2ccc(Cl)cc2)N(C(=O)OCC2c3ccccc3-c3ccccc32)C1. The Morgan fingerprint density at radius 3 is 2.16 bits per heavy atom. The molecule has 2 aliphatic rings. The summed E-state index contributed by atoms with van der Waals surface area (Å²) in [5.74, 6) is -0.277. The summed E-state index contributed by atoms with van der Waals surface area (Å²) in [5, 5.41) is 3.60. The van der Waals surface area contributed by atoms with Crippen LogP contribution in [0.1, 0.15) is 49.8 Å². The van der Waals surface area contributed by atoms with Crippen LogP contribution >= 0.6 is 11.6 Å². The lowest BCUT2D eigenvalue weighted by molar-refractivity contribution is -0.125. The summed E-state index contributed by atoms with van der Waals surface area (Å²) in [6, 6.07) is 23.1. The summed E-state index contributed by atoms with van der Waals surface area (Å²) in [5.41, 5.74) is 5.16. The van der Waals surface area contributed by atoms with Crippen molar-refractivity contribution in [3.63, 3.8) is 0 Å². The maximum absolute atomic E-state index is 13.4. The minimum atomic E-state index is -0.676. The van der Waals surface area contributed by atoms with Crippen LogP contribution in [0.15, 0.2) is 72.8 Å². The molecule has 1 heterocycles. The highest BCUT2D eigenvalue weighted by Gasteiger charge is 2.42. The molecule has 2 amide bonds. The first-order valence-corrected chi connectivity index (χ1v) is 13.4. The Hall–Kier alpha value is -3.35. The predicted octanol–water partition coefficient (Wildman–Crippen LogP) is 6.16. The topological polar surface area (TPSA) is 67.9 Å². The van der Waals surface area contributed by atoms with Crippen molar-refractivity contribution in [1.82, 2.24) is 10.2 Å². The van der Waals surface area contributed by atoms with Gasteiger partial charge >= 0.3 is 6.09 Å². The first kappa shape index (κ1) is 26.3. The van der Waals surface area contributed by atoms with Crippen LogP contribution in [0.2, 0.25) is 5.02 Å². The summed E-state index contributed by atoms with van der Waals surface area (Å²) >= 11 is 5.97. The maximum Gasteiger partial charge on any atom is 0.410 e. The number of hydrogen-bond acceptors (Lipinski definition) is 4. The summed E-state index contributed by atoms with van der Waals surface area (Å²) in [4.78, 5) is 28.2. The molecule has 5 rings (SSSR count). The van der Waals surface area contributed by atoms with Gasteiger partial charge in [0.05, 0.1) is 18.2 Å². The lowest BCUT2D eigenvalue weighted by Crippen LogP contribution is -2.46. The fourth-order valence-corrected chi connectivity index (χ4v) is 5.55. The van der Waals surface area contributed by atoms with Crippen molar-refractivity contribution in [3.05, 3.63) is 94.5 Å². The van der Waals surface area contributed by atoms with E-state index in [1.807, 2.05) is 57.2 Å². The third-order valence-electron chi connectivity index (χ3n) is 7.04. The molecule has 0 unspecified atom stereocenters. The van der Waals surface area contributed by atoms with Gasteiger partial charge < -0.3 is 14.8 Å². The van der Waals surface area contributed by atoms with Gasteiger partial charge in [-0.05, 0) is 60.7 Å². The largest absolute Gasteiger partial charge is 0.448 e. The van der Waals surface area contributed by atoms with Gasteiger partial charge in [0.25, 0.3) is 0 Å². The van der Waals surface area contributed by atoms with E-state index in [-0.39, 0.29) is 24.5 Å². The quantitative estimate of drug-likeness (QED) is 0.412. The summed E-state index contributed by atoms with van der Waals surface area (Å²) in [6.07, 6.45) is -0.353. The molecule has 1 saturated heterocycles. The third-order valence-corrected chi connectivity index (χ3v) is 7.29. The van der Waals surface area contributed by atoms with Crippen molar-refractivity contribution in [1.29, 1.82) is 0 Å². The molecular formula is C31H33ClN2O4. The summed E-state index contributed by atoms with van der Waals surface area (Å²) in [7, 11) is 0. The summed E-state index contributed by atoms with van der Waals surface area (Å²) < 4.78 is 12.1. The number of halogens is 1. The second kappa shape index (κ2) is 10.8. The molecule has 3 aromatic carbocycles. The average molecular weight is 533 g/mol. The summed E-state index contributed by atoms with van der Waals surface area (Å²) in [6.45, 7) is 6.76. The van der Waals surface area contributed by atoms with Gasteiger partial charge in [0, 0.05) is 23.9 Å². The van der Waals surface area contributed by atoms with Gasteiger partial charge in [0.15, 0.2) is 0 Å². The van der Waals surface area contributed by atoms with E-state index in [4.69, 9.17) is 21.1 Å². The van der Waals surface area contributed by atoms with E-state index < -0.39 is 17.7 Å². The highest BCUT2D eigenvalue weighted by atomic mass is 35.5. The van der Waals surface area contributed by atoms with Gasteiger partial charge in [-0.25, -0.2) is 4.79 Å². The minimum Gasteiger partial charge on any atom is -0.448 e. The number of likely N-dealkylation sites (tertiary alicyclic amines) is 1. The van der Waals surface area contributed by atoms with Crippen molar-refractivity contribution in [3.8, 4) is 11.1 Å². The molecule has 7 heteroatoms. The lowest BCUT2D eigenvalue weighted by Gasteiger charge is -2.25. The van der Waals surface area contributed by atoms with Gasteiger partial charge in [-0.2, -0.15) is 0 Å². The molecule has 6 nitrogen and oxygen atoms in total. The first-order valence-electron chi connectivity index (χ1n) is 13.0. The van der Waals surface area contributed by atoms with Gasteiger partial charge in [0.1, 0.15) is 12.6 Å². The Balaban J connectivity index is 1.29. The molecule has 0 bridgehead atoms. The van der Waals surface area contributed by atoms with Crippen LogP contribution < -0.4 is 5.32 Å². The van der Waals surface area contributed by atoms with Crippen LogP contribution in [0.3, 0.4) is 0 Å². The molecule has 1 aliphatic heterocycles. The smallest absolute Gasteiger partial charge is 0.410 e. The number of ether oxygens (including phenoxy) is 2. The minimum absolute atomic E-state index is 0.0484. The van der Waals surface area contributed by atoms with Gasteiger partial charge in [-0.3, -0.25) is 9.69 Å². The average Bonchev–Trinajstić information content (AvgIpc) is 3.45. The van der Waals surface area contributed by atoms with E-state index >= 15 is 0 Å². The van der Waals surface area contributed by atoms with Crippen molar-refractivity contribution >= 4 is 23.6 Å². The number of fused-ring (bicyclic) bond motifs is 3. The van der Waals surface area contributed by atoms with Crippen molar-refractivity contribution in [2.75, 3.05) is 13.2 Å². The molecule has 1 fully saturated rings. The number of nitrogens with one attached hydrogen (secondary N) is 1. The van der Waals surface area contributed by atoms with Crippen molar-refractivity contribution in [2.24, 2.45) is 0 Å². The number of hydrogen-bond donors (Lipinski definition) is 1. The molecule has 198 valence electrons. The van der Waals surface area contributed by atoms with Crippen LogP contribution in [-0.2, 0) is 20.8 Å². The lowest BCUT2D eigenvalue weighted by atomic mass is 9.98. The highest BCUT2D eigenvalue weighted by Crippen LogP contribution is 2.44. The first-order chi connectivity index (χ1) is 18.2. The Bertz CT molecular complexity index is 1270. The van der Waals surface area contributed by atoms with E-state index in [2.05, 4.69) is 29.6 Å². The highest BCUT2D eigenvalue weighted by molar-refractivity contribution is 6.30. The van der Waals surface area contributed by atoms with Crippen LogP contribution in [0.4, 0.5) is 4.79 Å². The van der Waals surface area contributed by atoms with Gasteiger partial charge in [-0.15, -0.1) is 0 Å². The molecule has 0 aromatic heterocycles. The van der Waals surface area contributed by atoms with Gasteiger partial charge in [0.2, 0.25) is 5.91 Å². The van der Waals surface area contributed by atoms with Crippen LogP contribution in [0.25, 0.3) is 11.1 Å². The Labute approximate surface area is 228 Å². The molecule has 1 N–H and O–H groups in total. The van der Waals surface area contributed by atoms with E-state index in [1.165, 1.54) is 16.0 Å². The Morgan fingerprint density at radius 2 is 1.55 bits per heavy atom. The van der Waals surface area contributed by atoms with E-state index in [1.54, 1.807) is 12.1 Å². The standard InChI is InChI=1S/C31H33ClN2O4/c1-31(2,3)38-22-16-28(29(35)33-17-20-12-14-21(32)15-13-20)34(18-22)30(36)37-19-27-25-10-6-4-8-23(25)24-9-5-7-11-26(24)27/h4-15,22,27-28H,16-19H2,1-3H3,(H,33,35)/t22-,28+/m1/s1. The Morgan fingerprint density at radius 1 is 0.947 bits per heavy atom. The number of benzene rings is 3. The number of rotatable bonds is 6.